The number of benzene rings is 2. The highest BCUT2D eigenvalue weighted by atomic mass is 32.2. The Labute approximate surface area is 214 Å². The Morgan fingerprint density at radius 3 is 2.81 bits per heavy atom. The molecule has 0 radical (unpaired) electrons. The minimum absolute atomic E-state index is 0.0748. The Morgan fingerprint density at radius 2 is 1.94 bits per heavy atom. The lowest BCUT2D eigenvalue weighted by molar-refractivity contribution is 0.102. The third-order valence-electron chi connectivity index (χ3n) is 6.06. The summed E-state index contributed by atoms with van der Waals surface area (Å²) < 4.78 is 1.75. The Kier molecular flexibility index (Phi) is 7.13. The van der Waals surface area contributed by atoms with Crippen molar-refractivity contribution in [1.82, 2.24) is 25.3 Å². The molecule has 9 nitrogen and oxygen atoms in total. The fourth-order valence-corrected chi connectivity index (χ4v) is 5.10. The van der Waals surface area contributed by atoms with E-state index in [0.29, 0.717) is 30.2 Å². The lowest BCUT2D eigenvalue weighted by Crippen LogP contribution is -2.46. The van der Waals surface area contributed by atoms with Crippen LogP contribution in [-0.4, -0.2) is 64.3 Å². The van der Waals surface area contributed by atoms with Gasteiger partial charge >= 0.3 is 6.03 Å². The molecule has 2 aliphatic heterocycles. The summed E-state index contributed by atoms with van der Waals surface area (Å²) in [4.78, 5) is 27.5. The van der Waals surface area contributed by atoms with Crippen LogP contribution in [0.15, 0.2) is 72.2 Å². The number of carbonyl (C=O) groups excluding carboxylic acids is 2. The van der Waals surface area contributed by atoms with Crippen molar-refractivity contribution in [2.75, 3.05) is 48.3 Å². The predicted molar refractivity (Wildman–Crippen MR) is 145 cm³/mol. The maximum absolute atomic E-state index is 13.1. The fourth-order valence-electron chi connectivity index (χ4n) is 4.20. The largest absolute Gasteiger partial charge is 0.380 e. The van der Waals surface area contributed by atoms with Gasteiger partial charge in [0.2, 0.25) is 0 Å². The SMILES string of the molecule is Cn1cc2ccc(NC(=O)c3ccccc3NCC3=CCNC(NC(=O)N4CCSCC4)=C3)cc2n1. The number of fused-ring (bicyclic) bond motifs is 1. The summed E-state index contributed by atoms with van der Waals surface area (Å²) >= 11 is 1.87. The number of carbonyl (C=O) groups is 2. The second kappa shape index (κ2) is 10.8. The second-order valence-corrected chi connectivity index (χ2v) is 9.90. The summed E-state index contributed by atoms with van der Waals surface area (Å²) in [6.07, 6.45) is 5.93. The quantitative estimate of drug-likeness (QED) is 0.411. The average molecular weight is 504 g/mol. The zero-order chi connectivity index (χ0) is 24.9. The summed E-state index contributed by atoms with van der Waals surface area (Å²) in [5, 5.41) is 18.0. The molecule has 10 heteroatoms. The van der Waals surface area contributed by atoms with Crippen LogP contribution in [0.2, 0.25) is 0 Å². The number of para-hydroxylation sites is 1. The maximum atomic E-state index is 13.1. The van der Waals surface area contributed by atoms with Gasteiger partial charge in [0.05, 0.1) is 11.1 Å². The molecule has 0 unspecified atom stereocenters. The van der Waals surface area contributed by atoms with Gasteiger partial charge in [-0.25, -0.2) is 4.79 Å². The van der Waals surface area contributed by atoms with Crippen LogP contribution in [0, 0.1) is 0 Å². The summed E-state index contributed by atoms with van der Waals surface area (Å²) in [5.74, 6) is 2.43. The number of nitrogens with zero attached hydrogens (tertiary/aromatic N) is 3. The molecule has 1 fully saturated rings. The molecule has 5 rings (SSSR count). The van der Waals surface area contributed by atoms with E-state index < -0.39 is 0 Å². The molecule has 0 atom stereocenters. The van der Waals surface area contributed by atoms with Crippen LogP contribution in [0.25, 0.3) is 10.9 Å². The summed E-state index contributed by atoms with van der Waals surface area (Å²) in [5.41, 5.74) is 3.83. The van der Waals surface area contributed by atoms with Crippen LogP contribution in [0.5, 0.6) is 0 Å². The normalized spacial score (nSPS) is 15.5. The lowest BCUT2D eigenvalue weighted by Gasteiger charge is -2.28. The second-order valence-electron chi connectivity index (χ2n) is 8.68. The van der Waals surface area contributed by atoms with Gasteiger partial charge < -0.3 is 20.9 Å². The number of amides is 3. The van der Waals surface area contributed by atoms with Gasteiger partial charge in [-0.15, -0.1) is 0 Å². The van der Waals surface area contributed by atoms with E-state index in [1.807, 2.05) is 72.4 Å². The van der Waals surface area contributed by atoms with Crippen molar-refractivity contribution in [2.45, 2.75) is 0 Å². The smallest absolute Gasteiger partial charge is 0.323 e. The van der Waals surface area contributed by atoms with Gasteiger partial charge in [-0.3, -0.25) is 14.8 Å². The zero-order valence-electron chi connectivity index (χ0n) is 20.1. The fraction of sp³-hybridized carbons (Fsp3) is 0.269. The topological polar surface area (TPSA) is 103 Å². The van der Waals surface area contributed by atoms with Gasteiger partial charge in [-0.2, -0.15) is 16.9 Å². The molecule has 2 aromatic carbocycles. The molecule has 0 bridgehead atoms. The van der Waals surface area contributed by atoms with Crippen LogP contribution in [-0.2, 0) is 7.05 Å². The molecule has 2 aliphatic rings. The molecule has 186 valence electrons. The number of aryl methyl sites for hydroxylation is 1. The van der Waals surface area contributed by atoms with E-state index in [1.54, 1.807) is 10.7 Å². The van der Waals surface area contributed by atoms with Crippen LogP contribution in [0.3, 0.4) is 0 Å². The molecule has 0 saturated carbocycles. The number of thioether (sulfide) groups is 1. The van der Waals surface area contributed by atoms with E-state index in [0.717, 1.165) is 46.8 Å². The summed E-state index contributed by atoms with van der Waals surface area (Å²) in [6.45, 7) is 2.67. The van der Waals surface area contributed by atoms with Gasteiger partial charge in [0.25, 0.3) is 5.91 Å². The van der Waals surface area contributed by atoms with Gasteiger partial charge in [0.1, 0.15) is 5.82 Å². The maximum Gasteiger partial charge on any atom is 0.323 e. The third kappa shape index (κ3) is 5.65. The van der Waals surface area contributed by atoms with Crippen molar-refractivity contribution < 1.29 is 9.59 Å². The molecule has 1 saturated heterocycles. The van der Waals surface area contributed by atoms with Crippen molar-refractivity contribution >= 4 is 46.0 Å². The van der Waals surface area contributed by atoms with Crippen molar-refractivity contribution in [3.8, 4) is 0 Å². The Bertz CT molecular complexity index is 1340. The van der Waals surface area contributed by atoms with E-state index in [2.05, 4.69) is 32.4 Å². The van der Waals surface area contributed by atoms with Crippen LogP contribution >= 0.6 is 11.8 Å². The summed E-state index contributed by atoms with van der Waals surface area (Å²) in [6, 6.07) is 13.0. The first-order chi connectivity index (χ1) is 17.5. The summed E-state index contributed by atoms with van der Waals surface area (Å²) in [7, 11) is 1.87. The Morgan fingerprint density at radius 1 is 1.11 bits per heavy atom. The Hall–Kier alpha value is -3.92. The van der Waals surface area contributed by atoms with Crippen LogP contribution in [0.4, 0.5) is 16.2 Å². The Balaban J connectivity index is 1.22. The molecular formula is C26H29N7O2S. The molecule has 0 aliphatic carbocycles. The minimum Gasteiger partial charge on any atom is -0.380 e. The molecule has 1 aromatic heterocycles. The first kappa shape index (κ1) is 23.8. The van der Waals surface area contributed by atoms with Crippen molar-refractivity contribution in [1.29, 1.82) is 0 Å². The first-order valence-corrected chi connectivity index (χ1v) is 13.1. The highest BCUT2D eigenvalue weighted by molar-refractivity contribution is 7.99. The zero-order valence-corrected chi connectivity index (χ0v) is 20.9. The monoisotopic (exact) mass is 503 g/mol. The molecular weight excluding hydrogens is 474 g/mol. The van der Waals surface area contributed by atoms with Gasteiger partial charge in [-0.05, 0) is 42.0 Å². The molecule has 4 N–H and O–H groups in total. The van der Waals surface area contributed by atoms with E-state index >= 15 is 0 Å². The average Bonchev–Trinajstić information content (AvgIpc) is 3.27. The number of dihydropyridines is 1. The molecule has 3 heterocycles. The number of aromatic nitrogens is 2. The van der Waals surface area contributed by atoms with E-state index in [1.165, 1.54) is 0 Å². The molecule has 3 aromatic rings. The van der Waals surface area contributed by atoms with Gasteiger partial charge in [-0.1, -0.05) is 18.2 Å². The molecule has 36 heavy (non-hydrogen) atoms. The third-order valence-corrected chi connectivity index (χ3v) is 7.00. The standard InChI is InChI=1S/C26H29N7O2S/c1-32-17-19-6-7-20(15-23(19)31-32)29-25(34)21-4-2-3-5-22(21)28-16-18-8-9-27-24(14-18)30-26(35)33-10-12-36-13-11-33/h2-8,14-15,17,27-28H,9-13,16H2,1H3,(H,29,34)(H,30,35). The first-order valence-electron chi connectivity index (χ1n) is 11.9. The van der Waals surface area contributed by atoms with E-state index in [9.17, 15) is 9.59 Å². The number of urea groups is 1. The van der Waals surface area contributed by atoms with Gasteiger partial charge in [0.15, 0.2) is 0 Å². The van der Waals surface area contributed by atoms with Crippen molar-refractivity contribution in [2.24, 2.45) is 7.05 Å². The highest BCUT2D eigenvalue weighted by Crippen LogP contribution is 2.21. The number of nitrogens with one attached hydrogen (secondary N) is 4. The van der Waals surface area contributed by atoms with Crippen LogP contribution in [0.1, 0.15) is 10.4 Å². The molecule has 0 spiro atoms. The number of anilines is 2. The highest BCUT2D eigenvalue weighted by Gasteiger charge is 2.18. The van der Waals surface area contributed by atoms with E-state index in [4.69, 9.17) is 0 Å². The van der Waals surface area contributed by atoms with Crippen molar-refractivity contribution in [3.63, 3.8) is 0 Å². The van der Waals surface area contributed by atoms with Gasteiger partial charge in [0, 0.05) is 67.7 Å². The van der Waals surface area contributed by atoms with Crippen LogP contribution < -0.4 is 21.3 Å². The number of rotatable bonds is 6. The lowest BCUT2D eigenvalue weighted by atomic mass is 10.1. The van der Waals surface area contributed by atoms with E-state index in [-0.39, 0.29) is 11.9 Å². The minimum atomic E-state index is -0.198. The number of hydrogen-bond donors (Lipinski definition) is 4. The predicted octanol–water partition coefficient (Wildman–Crippen LogP) is 3.37. The van der Waals surface area contributed by atoms with Crippen molar-refractivity contribution in [3.05, 3.63) is 77.8 Å². The molecule has 3 amide bonds. The number of hydrogen-bond acceptors (Lipinski definition) is 6.